The molecule has 0 radical (unpaired) electrons. The van der Waals surface area contributed by atoms with Crippen LogP contribution in [0, 0.1) is 5.41 Å². The molecule has 4 rings (SSSR count). The largest absolute Gasteiger partial charge is 0.481 e. The molecule has 6 heteroatoms. The average molecular weight is 373 g/mol. The number of aromatic nitrogens is 1. The second-order valence-electron chi connectivity index (χ2n) is 8.53. The molecule has 1 amide bonds. The van der Waals surface area contributed by atoms with Crippen LogP contribution in [0.4, 0.5) is 0 Å². The SMILES string of the molecule is COc1ncccc1CN1CCC[C@@]2(C(=O)NC3CCC3)CCN(C)C[C@H]12. The van der Waals surface area contributed by atoms with Crippen LogP contribution in [-0.2, 0) is 11.3 Å². The van der Waals surface area contributed by atoms with Crippen molar-refractivity contribution in [2.24, 2.45) is 5.41 Å². The number of hydrogen-bond donors (Lipinski definition) is 1. The summed E-state index contributed by atoms with van der Waals surface area (Å²) in [6.45, 7) is 3.75. The van der Waals surface area contributed by atoms with Gasteiger partial charge in [-0.25, -0.2) is 4.98 Å². The van der Waals surface area contributed by atoms with E-state index in [9.17, 15) is 4.79 Å². The number of nitrogens with one attached hydrogen (secondary N) is 1. The number of methoxy groups -OCH3 is 1. The fourth-order valence-corrected chi connectivity index (χ4v) is 5.02. The Balaban J connectivity index is 1.58. The minimum atomic E-state index is -0.254. The van der Waals surface area contributed by atoms with Crippen LogP contribution < -0.4 is 10.1 Å². The Morgan fingerprint density at radius 3 is 2.93 bits per heavy atom. The first-order chi connectivity index (χ1) is 13.1. The summed E-state index contributed by atoms with van der Waals surface area (Å²) in [6.07, 6.45) is 8.32. The average Bonchev–Trinajstić information content (AvgIpc) is 2.65. The molecule has 2 saturated heterocycles. The fraction of sp³-hybridized carbons (Fsp3) is 0.714. The van der Waals surface area contributed by atoms with Gasteiger partial charge in [-0.1, -0.05) is 6.07 Å². The third kappa shape index (κ3) is 3.57. The van der Waals surface area contributed by atoms with E-state index in [1.165, 1.54) is 6.42 Å². The molecule has 6 nitrogen and oxygen atoms in total. The van der Waals surface area contributed by atoms with Crippen LogP contribution >= 0.6 is 0 Å². The Morgan fingerprint density at radius 2 is 2.19 bits per heavy atom. The first-order valence-electron chi connectivity index (χ1n) is 10.3. The summed E-state index contributed by atoms with van der Waals surface area (Å²) in [5.74, 6) is 0.991. The lowest BCUT2D eigenvalue weighted by Crippen LogP contribution is -2.66. The van der Waals surface area contributed by atoms with Gasteiger partial charge in [0.2, 0.25) is 11.8 Å². The Hall–Kier alpha value is -1.66. The van der Waals surface area contributed by atoms with Crippen LogP contribution in [0.25, 0.3) is 0 Å². The van der Waals surface area contributed by atoms with Crippen molar-refractivity contribution in [3.63, 3.8) is 0 Å². The normalized spacial score (nSPS) is 29.6. The van der Waals surface area contributed by atoms with Gasteiger partial charge in [0.05, 0.1) is 12.5 Å². The molecule has 1 N–H and O–H groups in total. The summed E-state index contributed by atoms with van der Waals surface area (Å²) in [6, 6.07) is 4.70. The van der Waals surface area contributed by atoms with E-state index < -0.39 is 0 Å². The number of carbonyl (C=O) groups excluding carboxylic acids is 1. The van der Waals surface area contributed by atoms with Gasteiger partial charge in [0.1, 0.15) is 0 Å². The summed E-state index contributed by atoms with van der Waals surface area (Å²) < 4.78 is 5.46. The molecule has 1 aliphatic carbocycles. The molecule has 2 aliphatic heterocycles. The summed E-state index contributed by atoms with van der Waals surface area (Å²) in [5, 5.41) is 3.38. The predicted molar refractivity (Wildman–Crippen MR) is 105 cm³/mol. The lowest BCUT2D eigenvalue weighted by Gasteiger charge is -2.54. The molecule has 0 bridgehead atoms. The number of likely N-dealkylation sites (tertiary alicyclic amines) is 2. The van der Waals surface area contributed by atoms with Crippen molar-refractivity contribution in [3.8, 4) is 5.88 Å². The second-order valence-corrected chi connectivity index (χ2v) is 8.53. The molecule has 0 aromatic carbocycles. The third-order valence-corrected chi connectivity index (χ3v) is 6.88. The highest BCUT2D eigenvalue weighted by Crippen LogP contribution is 2.43. The van der Waals surface area contributed by atoms with Crippen LogP contribution in [0.2, 0.25) is 0 Å². The molecule has 3 fully saturated rings. The number of amides is 1. The summed E-state index contributed by atoms with van der Waals surface area (Å²) >= 11 is 0. The standard InChI is InChI=1S/C21H32N4O2/c1-24-13-10-21(20(26)23-17-7-3-8-17)9-5-12-25(18(21)15-24)14-16-6-4-11-22-19(16)27-2/h4,6,11,17-18H,3,5,7-10,12-15H2,1-2H3,(H,23,26)/t18-,21+/m0/s1. The van der Waals surface area contributed by atoms with E-state index in [4.69, 9.17) is 4.74 Å². The summed E-state index contributed by atoms with van der Waals surface area (Å²) in [5.41, 5.74) is 0.846. The zero-order chi connectivity index (χ0) is 18.9. The highest BCUT2D eigenvalue weighted by atomic mass is 16.5. The molecule has 3 heterocycles. The molecular formula is C21H32N4O2. The molecule has 0 spiro atoms. The van der Waals surface area contributed by atoms with Crippen molar-refractivity contribution in [2.45, 2.75) is 57.2 Å². The lowest BCUT2D eigenvalue weighted by molar-refractivity contribution is -0.146. The molecule has 27 heavy (non-hydrogen) atoms. The quantitative estimate of drug-likeness (QED) is 0.857. The fourth-order valence-electron chi connectivity index (χ4n) is 5.02. The van der Waals surface area contributed by atoms with Gasteiger partial charge < -0.3 is 15.0 Å². The molecule has 1 saturated carbocycles. The smallest absolute Gasteiger partial charge is 0.228 e. The Morgan fingerprint density at radius 1 is 1.33 bits per heavy atom. The van der Waals surface area contributed by atoms with Gasteiger partial charge in [0.25, 0.3) is 0 Å². The minimum absolute atomic E-state index is 0.245. The Bertz CT molecular complexity index is 678. The van der Waals surface area contributed by atoms with Crippen LogP contribution in [0.5, 0.6) is 5.88 Å². The Kier molecular flexibility index (Phi) is 5.37. The molecule has 2 atom stereocenters. The maximum absolute atomic E-state index is 13.4. The van der Waals surface area contributed by atoms with E-state index in [0.29, 0.717) is 17.8 Å². The Labute approximate surface area is 162 Å². The third-order valence-electron chi connectivity index (χ3n) is 6.88. The number of likely N-dealkylation sites (N-methyl/N-ethyl adjacent to an activating group) is 1. The minimum Gasteiger partial charge on any atom is -0.481 e. The first-order valence-corrected chi connectivity index (χ1v) is 10.3. The van der Waals surface area contributed by atoms with E-state index in [0.717, 1.165) is 63.8 Å². The molecule has 1 aromatic rings. The monoisotopic (exact) mass is 372 g/mol. The zero-order valence-electron chi connectivity index (χ0n) is 16.6. The van der Waals surface area contributed by atoms with Gasteiger partial charge in [-0.3, -0.25) is 9.69 Å². The van der Waals surface area contributed by atoms with Gasteiger partial charge in [-0.15, -0.1) is 0 Å². The number of rotatable bonds is 5. The molecule has 1 aromatic heterocycles. The zero-order valence-corrected chi connectivity index (χ0v) is 16.6. The number of carbonyl (C=O) groups is 1. The van der Waals surface area contributed by atoms with Crippen LogP contribution in [-0.4, -0.2) is 66.6 Å². The molecule has 3 aliphatic rings. The van der Waals surface area contributed by atoms with E-state index >= 15 is 0 Å². The van der Waals surface area contributed by atoms with Gasteiger partial charge in [0.15, 0.2) is 0 Å². The van der Waals surface area contributed by atoms with E-state index in [1.54, 1.807) is 13.3 Å². The van der Waals surface area contributed by atoms with Gasteiger partial charge in [-0.2, -0.15) is 0 Å². The molecule has 0 unspecified atom stereocenters. The molecular weight excluding hydrogens is 340 g/mol. The lowest BCUT2D eigenvalue weighted by atomic mass is 9.67. The number of fused-ring (bicyclic) bond motifs is 1. The van der Waals surface area contributed by atoms with Crippen molar-refractivity contribution in [2.75, 3.05) is 33.8 Å². The topological polar surface area (TPSA) is 57.7 Å². The second kappa shape index (κ2) is 7.76. The number of hydrogen-bond acceptors (Lipinski definition) is 5. The highest BCUT2D eigenvalue weighted by molar-refractivity contribution is 5.84. The van der Waals surface area contributed by atoms with Gasteiger partial charge >= 0.3 is 0 Å². The van der Waals surface area contributed by atoms with Crippen LogP contribution in [0.1, 0.15) is 44.1 Å². The van der Waals surface area contributed by atoms with Crippen molar-refractivity contribution < 1.29 is 9.53 Å². The van der Waals surface area contributed by atoms with Crippen molar-refractivity contribution in [3.05, 3.63) is 23.9 Å². The maximum Gasteiger partial charge on any atom is 0.228 e. The first kappa shape index (κ1) is 18.7. The van der Waals surface area contributed by atoms with E-state index in [2.05, 4.69) is 33.2 Å². The van der Waals surface area contributed by atoms with E-state index in [-0.39, 0.29) is 11.5 Å². The number of ether oxygens (including phenoxy) is 1. The highest BCUT2D eigenvalue weighted by Gasteiger charge is 2.52. The predicted octanol–water partition coefficient (Wildman–Crippen LogP) is 2.05. The van der Waals surface area contributed by atoms with Gasteiger partial charge in [-0.05, 0) is 64.7 Å². The summed E-state index contributed by atoms with van der Waals surface area (Å²) in [7, 11) is 3.85. The van der Waals surface area contributed by atoms with Gasteiger partial charge in [0, 0.05) is 36.9 Å². The van der Waals surface area contributed by atoms with Crippen molar-refractivity contribution >= 4 is 5.91 Å². The summed E-state index contributed by atoms with van der Waals surface area (Å²) in [4.78, 5) is 22.6. The van der Waals surface area contributed by atoms with Crippen molar-refractivity contribution in [1.82, 2.24) is 20.1 Å². The number of pyridine rings is 1. The van der Waals surface area contributed by atoms with Crippen molar-refractivity contribution in [1.29, 1.82) is 0 Å². The number of piperidine rings is 2. The van der Waals surface area contributed by atoms with Crippen LogP contribution in [0.15, 0.2) is 18.3 Å². The van der Waals surface area contributed by atoms with E-state index in [1.807, 2.05) is 6.07 Å². The molecule has 148 valence electrons. The maximum atomic E-state index is 13.4. The number of nitrogens with zero attached hydrogens (tertiary/aromatic N) is 3. The van der Waals surface area contributed by atoms with Crippen LogP contribution in [0.3, 0.4) is 0 Å².